The number of ether oxygens (including phenoxy) is 1. The first kappa shape index (κ1) is 7.94. The predicted molar refractivity (Wildman–Crippen MR) is 33.2 cm³/mol. The first-order valence-electron chi connectivity index (χ1n) is 3.31. The van der Waals surface area contributed by atoms with Crippen LogP contribution >= 0.6 is 0 Å². The van der Waals surface area contributed by atoms with E-state index in [-0.39, 0.29) is 6.42 Å². The van der Waals surface area contributed by atoms with Gasteiger partial charge in [-0.05, 0) is 6.92 Å². The summed E-state index contributed by atoms with van der Waals surface area (Å²) in [6, 6.07) is 0. The SMILES string of the molecule is C[C@@H]1O[C@H](O)C[C@H](O)[C@@H]1O. The number of aliphatic hydroxyl groups excluding tert-OH is 3. The molecule has 0 radical (unpaired) electrons. The van der Waals surface area contributed by atoms with Crippen LogP contribution in [0.3, 0.4) is 0 Å². The molecule has 4 nitrogen and oxygen atoms in total. The van der Waals surface area contributed by atoms with Crippen molar-refractivity contribution in [2.75, 3.05) is 0 Å². The van der Waals surface area contributed by atoms with Gasteiger partial charge in [-0.1, -0.05) is 0 Å². The average molecular weight is 148 g/mol. The Morgan fingerprint density at radius 1 is 1.30 bits per heavy atom. The second-order valence-corrected chi connectivity index (χ2v) is 2.59. The third-order valence-electron chi connectivity index (χ3n) is 1.69. The smallest absolute Gasteiger partial charge is 0.157 e. The first-order valence-corrected chi connectivity index (χ1v) is 3.31. The van der Waals surface area contributed by atoms with E-state index in [1.807, 2.05) is 0 Å². The highest BCUT2D eigenvalue weighted by Crippen LogP contribution is 2.17. The second-order valence-electron chi connectivity index (χ2n) is 2.59. The lowest BCUT2D eigenvalue weighted by Crippen LogP contribution is -2.46. The van der Waals surface area contributed by atoms with Gasteiger partial charge in [0, 0.05) is 6.42 Å². The normalized spacial score (nSPS) is 49.2. The van der Waals surface area contributed by atoms with Gasteiger partial charge in [-0.2, -0.15) is 0 Å². The average Bonchev–Trinajstić information content (AvgIpc) is 1.82. The lowest BCUT2D eigenvalue weighted by Gasteiger charge is -2.32. The molecule has 0 amide bonds. The third kappa shape index (κ3) is 1.46. The summed E-state index contributed by atoms with van der Waals surface area (Å²) in [5, 5.41) is 27.0. The van der Waals surface area contributed by atoms with Crippen LogP contribution in [0.1, 0.15) is 13.3 Å². The van der Waals surface area contributed by atoms with Crippen LogP contribution < -0.4 is 0 Å². The summed E-state index contributed by atoms with van der Waals surface area (Å²) in [5.41, 5.74) is 0. The molecule has 1 aliphatic heterocycles. The third-order valence-corrected chi connectivity index (χ3v) is 1.69. The Hall–Kier alpha value is -0.160. The van der Waals surface area contributed by atoms with Crippen LogP contribution in [0.5, 0.6) is 0 Å². The van der Waals surface area contributed by atoms with Gasteiger partial charge in [-0.25, -0.2) is 0 Å². The predicted octanol–water partition coefficient (Wildman–Crippen LogP) is -1.16. The molecule has 0 aromatic carbocycles. The molecule has 0 saturated carbocycles. The Balaban J connectivity index is 2.49. The molecule has 1 rings (SSSR count). The molecule has 0 aliphatic carbocycles. The highest BCUT2D eigenvalue weighted by Gasteiger charge is 2.32. The van der Waals surface area contributed by atoms with Gasteiger partial charge in [0.1, 0.15) is 6.10 Å². The van der Waals surface area contributed by atoms with Crippen LogP contribution in [-0.4, -0.2) is 39.9 Å². The number of aliphatic hydroxyl groups is 3. The summed E-state index contributed by atoms with van der Waals surface area (Å²) < 4.78 is 4.81. The van der Waals surface area contributed by atoms with E-state index in [4.69, 9.17) is 20.1 Å². The molecule has 60 valence electrons. The molecule has 0 aromatic heterocycles. The monoisotopic (exact) mass is 148 g/mol. The van der Waals surface area contributed by atoms with Crippen molar-refractivity contribution >= 4 is 0 Å². The van der Waals surface area contributed by atoms with E-state index >= 15 is 0 Å². The van der Waals surface area contributed by atoms with E-state index in [0.29, 0.717) is 0 Å². The fourth-order valence-corrected chi connectivity index (χ4v) is 1.04. The lowest BCUT2D eigenvalue weighted by atomic mass is 10.0. The molecule has 10 heavy (non-hydrogen) atoms. The summed E-state index contributed by atoms with van der Waals surface area (Å²) in [6.45, 7) is 1.61. The van der Waals surface area contributed by atoms with Gasteiger partial charge in [0.2, 0.25) is 0 Å². The van der Waals surface area contributed by atoms with Crippen LogP contribution in [0.2, 0.25) is 0 Å². The summed E-state index contributed by atoms with van der Waals surface area (Å²) in [6.07, 6.45) is -3.07. The highest BCUT2D eigenvalue weighted by atomic mass is 16.6. The van der Waals surface area contributed by atoms with Gasteiger partial charge in [0.05, 0.1) is 12.2 Å². The van der Waals surface area contributed by atoms with E-state index in [1.165, 1.54) is 0 Å². The van der Waals surface area contributed by atoms with Crippen molar-refractivity contribution in [3.8, 4) is 0 Å². The van der Waals surface area contributed by atoms with Crippen molar-refractivity contribution in [3.05, 3.63) is 0 Å². The van der Waals surface area contributed by atoms with Crippen LogP contribution in [-0.2, 0) is 4.74 Å². The molecule has 0 unspecified atom stereocenters. The fourth-order valence-electron chi connectivity index (χ4n) is 1.04. The summed E-state index contributed by atoms with van der Waals surface area (Å²) in [7, 11) is 0. The Labute approximate surface area is 59.1 Å². The van der Waals surface area contributed by atoms with Crippen molar-refractivity contribution in [1.29, 1.82) is 0 Å². The first-order chi connectivity index (χ1) is 4.61. The van der Waals surface area contributed by atoms with Crippen molar-refractivity contribution in [3.63, 3.8) is 0 Å². The number of rotatable bonds is 0. The van der Waals surface area contributed by atoms with Gasteiger partial charge >= 0.3 is 0 Å². The molecule has 0 spiro atoms. The minimum absolute atomic E-state index is 0.0888. The molecule has 1 aliphatic rings. The zero-order valence-electron chi connectivity index (χ0n) is 5.77. The molecule has 3 N–H and O–H groups in total. The fraction of sp³-hybridized carbons (Fsp3) is 1.00. The molecular formula is C6H12O4. The van der Waals surface area contributed by atoms with Crippen molar-refractivity contribution in [2.24, 2.45) is 0 Å². The van der Waals surface area contributed by atoms with Gasteiger partial charge in [0.25, 0.3) is 0 Å². The minimum atomic E-state index is -0.937. The maximum atomic E-state index is 9.08. The molecule has 0 bridgehead atoms. The van der Waals surface area contributed by atoms with Gasteiger partial charge in [-0.15, -0.1) is 0 Å². The summed E-state index contributed by atoms with van der Waals surface area (Å²) >= 11 is 0. The van der Waals surface area contributed by atoms with Crippen LogP contribution in [0.4, 0.5) is 0 Å². The Kier molecular flexibility index (Phi) is 2.25. The summed E-state index contributed by atoms with van der Waals surface area (Å²) in [4.78, 5) is 0. The maximum absolute atomic E-state index is 9.08. The van der Waals surface area contributed by atoms with Gasteiger partial charge in [-0.3, -0.25) is 0 Å². The summed E-state index contributed by atoms with van der Waals surface area (Å²) in [5.74, 6) is 0. The van der Waals surface area contributed by atoms with E-state index in [2.05, 4.69) is 0 Å². The zero-order valence-corrected chi connectivity index (χ0v) is 5.77. The van der Waals surface area contributed by atoms with E-state index in [9.17, 15) is 0 Å². The van der Waals surface area contributed by atoms with Crippen LogP contribution in [0.25, 0.3) is 0 Å². The van der Waals surface area contributed by atoms with Crippen molar-refractivity contribution in [2.45, 2.75) is 37.9 Å². The number of hydrogen-bond acceptors (Lipinski definition) is 4. The highest BCUT2D eigenvalue weighted by molar-refractivity contribution is 4.78. The molecular weight excluding hydrogens is 136 g/mol. The Bertz CT molecular complexity index is 104. The Morgan fingerprint density at radius 3 is 2.40 bits per heavy atom. The largest absolute Gasteiger partial charge is 0.390 e. The van der Waals surface area contributed by atoms with E-state index in [0.717, 1.165) is 0 Å². The van der Waals surface area contributed by atoms with E-state index in [1.54, 1.807) is 6.92 Å². The standard InChI is InChI=1S/C6H12O4/c1-3-6(9)4(7)2-5(8)10-3/h3-9H,2H2,1H3/t3-,4-,5-,6+/m0/s1. The second kappa shape index (κ2) is 2.84. The van der Waals surface area contributed by atoms with Crippen LogP contribution in [0, 0.1) is 0 Å². The lowest BCUT2D eigenvalue weighted by molar-refractivity contribution is -0.226. The zero-order chi connectivity index (χ0) is 7.72. The molecule has 1 fully saturated rings. The van der Waals surface area contributed by atoms with Gasteiger partial charge in [0.15, 0.2) is 6.29 Å². The molecule has 4 heteroatoms. The van der Waals surface area contributed by atoms with Crippen LogP contribution in [0.15, 0.2) is 0 Å². The van der Waals surface area contributed by atoms with Gasteiger partial charge < -0.3 is 20.1 Å². The minimum Gasteiger partial charge on any atom is -0.390 e. The molecule has 0 aromatic rings. The Morgan fingerprint density at radius 2 is 1.90 bits per heavy atom. The van der Waals surface area contributed by atoms with Crippen molar-refractivity contribution in [1.82, 2.24) is 0 Å². The quantitative estimate of drug-likeness (QED) is 0.405. The molecule has 1 heterocycles. The topological polar surface area (TPSA) is 69.9 Å². The number of hydrogen-bond donors (Lipinski definition) is 3. The molecule has 1 saturated heterocycles. The molecule has 4 atom stereocenters. The van der Waals surface area contributed by atoms with E-state index < -0.39 is 24.6 Å². The maximum Gasteiger partial charge on any atom is 0.157 e. The van der Waals surface area contributed by atoms with Crippen molar-refractivity contribution < 1.29 is 20.1 Å².